The van der Waals surface area contributed by atoms with Gasteiger partial charge in [-0.15, -0.1) is 0 Å². The van der Waals surface area contributed by atoms with Gasteiger partial charge < -0.3 is 0 Å². The van der Waals surface area contributed by atoms with E-state index in [2.05, 4.69) is 19.1 Å². The lowest BCUT2D eigenvalue weighted by molar-refractivity contribution is -0.125. The number of unbranched alkanes of at least 4 members (excludes halogenated alkanes) is 2. The van der Waals surface area contributed by atoms with E-state index in [1.165, 1.54) is 12.8 Å². The lowest BCUT2D eigenvalue weighted by atomic mass is 9.71. The first-order valence-corrected chi connectivity index (χ1v) is 6.90. The molecule has 2 heteroatoms. The Hall–Kier alpha value is -1.18. The van der Waals surface area contributed by atoms with Crippen molar-refractivity contribution in [2.24, 2.45) is 5.41 Å². The molecule has 0 saturated carbocycles. The quantitative estimate of drug-likeness (QED) is 0.526. The second kappa shape index (κ2) is 6.67. The number of ketones is 2. The summed E-state index contributed by atoms with van der Waals surface area (Å²) in [6, 6.07) is 0. The van der Waals surface area contributed by atoms with Gasteiger partial charge in [0.15, 0.2) is 5.78 Å². The van der Waals surface area contributed by atoms with Gasteiger partial charge in [0.1, 0.15) is 5.78 Å². The SMILES string of the molecule is CCCC/C=C/[C@]1(C(C)=O)CC=C(C(C)=O)CC1. The molecule has 0 aromatic rings. The molecule has 1 aliphatic carbocycles. The zero-order chi connectivity index (χ0) is 13.6. The highest BCUT2D eigenvalue weighted by Gasteiger charge is 2.34. The summed E-state index contributed by atoms with van der Waals surface area (Å²) in [5.74, 6) is 0.358. The van der Waals surface area contributed by atoms with Crippen molar-refractivity contribution >= 4 is 11.6 Å². The fourth-order valence-corrected chi connectivity index (χ4v) is 2.41. The lowest BCUT2D eigenvalue weighted by Crippen LogP contribution is -2.29. The Labute approximate surface area is 110 Å². The Kier molecular flexibility index (Phi) is 5.52. The highest BCUT2D eigenvalue weighted by atomic mass is 16.1. The Morgan fingerprint density at radius 3 is 2.56 bits per heavy atom. The second-order valence-corrected chi connectivity index (χ2v) is 5.25. The van der Waals surface area contributed by atoms with E-state index >= 15 is 0 Å². The highest BCUT2D eigenvalue weighted by molar-refractivity contribution is 5.94. The van der Waals surface area contributed by atoms with Crippen LogP contribution in [0.4, 0.5) is 0 Å². The normalized spacial score (nSPS) is 24.1. The topological polar surface area (TPSA) is 34.1 Å². The molecule has 1 aliphatic rings. The van der Waals surface area contributed by atoms with Crippen molar-refractivity contribution in [1.29, 1.82) is 0 Å². The maximum absolute atomic E-state index is 11.9. The minimum atomic E-state index is -0.354. The van der Waals surface area contributed by atoms with Gasteiger partial charge in [-0.25, -0.2) is 0 Å². The first-order valence-electron chi connectivity index (χ1n) is 6.90. The molecule has 0 bridgehead atoms. The summed E-state index contributed by atoms with van der Waals surface area (Å²) in [5, 5.41) is 0. The van der Waals surface area contributed by atoms with Gasteiger partial charge in [0.2, 0.25) is 0 Å². The minimum absolute atomic E-state index is 0.141. The average molecular weight is 248 g/mol. The molecule has 0 N–H and O–H groups in total. The minimum Gasteiger partial charge on any atom is -0.299 e. The predicted molar refractivity (Wildman–Crippen MR) is 74.4 cm³/mol. The van der Waals surface area contributed by atoms with Crippen molar-refractivity contribution in [1.82, 2.24) is 0 Å². The number of hydrogen-bond acceptors (Lipinski definition) is 2. The van der Waals surface area contributed by atoms with E-state index in [9.17, 15) is 9.59 Å². The third-order valence-corrected chi connectivity index (χ3v) is 3.87. The van der Waals surface area contributed by atoms with Crippen LogP contribution in [-0.2, 0) is 9.59 Å². The van der Waals surface area contributed by atoms with Crippen molar-refractivity contribution in [3.05, 3.63) is 23.8 Å². The van der Waals surface area contributed by atoms with Crippen LogP contribution in [0.5, 0.6) is 0 Å². The van der Waals surface area contributed by atoms with Gasteiger partial charge in [-0.05, 0) is 45.1 Å². The largest absolute Gasteiger partial charge is 0.299 e. The number of allylic oxidation sites excluding steroid dienone is 4. The molecule has 0 aromatic heterocycles. The van der Waals surface area contributed by atoms with Crippen LogP contribution < -0.4 is 0 Å². The molecular weight excluding hydrogens is 224 g/mol. The van der Waals surface area contributed by atoms with Crippen LogP contribution in [0.1, 0.15) is 59.3 Å². The molecule has 0 amide bonds. The summed E-state index contributed by atoms with van der Waals surface area (Å²) < 4.78 is 0. The molecule has 0 aromatic carbocycles. The summed E-state index contributed by atoms with van der Waals surface area (Å²) in [6.45, 7) is 5.43. The molecule has 0 unspecified atom stereocenters. The van der Waals surface area contributed by atoms with E-state index in [4.69, 9.17) is 0 Å². The Balaban J connectivity index is 2.76. The van der Waals surface area contributed by atoms with Gasteiger partial charge >= 0.3 is 0 Å². The van der Waals surface area contributed by atoms with Crippen LogP contribution >= 0.6 is 0 Å². The standard InChI is InChI=1S/C16H24O2/c1-4-5-6-7-10-16(14(3)18)11-8-15(9-12-16)13(2)17/h7-8,10H,4-6,9,11-12H2,1-3H3/b10-7+/t16-/m0/s1. The zero-order valence-corrected chi connectivity index (χ0v) is 11.8. The molecule has 0 fully saturated rings. The molecule has 1 rings (SSSR count). The highest BCUT2D eigenvalue weighted by Crippen LogP contribution is 2.38. The molecule has 0 spiro atoms. The monoisotopic (exact) mass is 248 g/mol. The van der Waals surface area contributed by atoms with Crippen LogP contribution in [0, 0.1) is 5.41 Å². The summed E-state index contributed by atoms with van der Waals surface area (Å²) in [6.07, 6.45) is 11.7. The van der Waals surface area contributed by atoms with Gasteiger partial charge in [0.05, 0.1) is 5.41 Å². The maximum atomic E-state index is 11.9. The van der Waals surface area contributed by atoms with Crippen LogP contribution in [0.25, 0.3) is 0 Å². The fourth-order valence-electron chi connectivity index (χ4n) is 2.41. The number of hydrogen-bond donors (Lipinski definition) is 0. The molecule has 0 heterocycles. The smallest absolute Gasteiger partial charge is 0.155 e. The van der Waals surface area contributed by atoms with Crippen molar-refractivity contribution < 1.29 is 9.59 Å². The van der Waals surface area contributed by atoms with Gasteiger partial charge in [-0.2, -0.15) is 0 Å². The van der Waals surface area contributed by atoms with Gasteiger partial charge in [-0.3, -0.25) is 9.59 Å². The molecule has 0 aliphatic heterocycles. The van der Waals surface area contributed by atoms with Crippen LogP contribution in [0.15, 0.2) is 23.8 Å². The van der Waals surface area contributed by atoms with E-state index in [0.717, 1.165) is 24.8 Å². The van der Waals surface area contributed by atoms with E-state index in [0.29, 0.717) is 6.42 Å². The number of Topliss-reactive ketones (excluding diaryl/α,β-unsaturated/α-hetero) is 2. The molecule has 1 atom stereocenters. The third-order valence-electron chi connectivity index (χ3n) is 3.87. The van der Waals surface area contributed by atoms with E-state index < -0.39 is 0 Å². The molecule has 0 saturated heterocycles. The summed E-state index contributed by atoms with van der Waals surface area (Å²) in [5.41, 5.74) is 0.529. The first-order chi connectivity index (χ1) is 8.52. The molecule has 18 heavy (non-hydrogen) atoms. The summed E-state index contributed by atoms with van der Waals surface area (Å²) >= 11 is 0. The van der Waals surface area contributed by atoms with Crippen LogP contribution in [-0.4, -0.2) is 11.6 Å². The van der Waals surface area contributed by atoms with E-state index in [1.807, 2.05) is 6.08 Å². The van der Waals surface area contributed by atoms with E-state index in [-0.39, 0.29) is 17.0 Å². The third kappa shape index (κ3) is 3.66. The number of rotatable bonds is 6. The van der Waals surface area contributed by atoms with Gasteiger partial charge in [-0.1, -0.05) is 38.0 Å². The zero-order valence-electron chi connectivity index (χ0n) is 11.8. The van der Waals surface area contributed by atoms with Crippen molar-refractivity contribution in [2.75, 3.05) is 0 Å². The van der Waals surface area contributed by atoms with Crippen molar-refractivity contribution in [3.63, 3.8) is 0 Å². The van der Waals surface area contributed by atoms with E-state index in [1.54, 1.807) is 13.8 Å². The second-order valence-electron chi connectivity index (χ2n) is 5.25. The molecule has 100 valence electrons. The average Bonchev–Trinajstić information content (AvgIpc) is 2.35. The molecule has 0 radical (unpaired) electrons. The predicted octanol–water partition coefficient (Wildman–Crippen LogP) is 4.01. The Morgan fingerprint density at radius 2 is 2.11 bits per heavy atom. The molecular formula is C16H24O2. The fraction of sp³-hybridized carbons (Fsp3) is 0.625. The maximum Gasteiger partial charge on any atom is 0.155 e. The summed E-state index contributed by atoms with van der Waals surface area (Å²) in [7, 11) is 0. The Bertz CT molecular complexity index is 377. The van der Waals surface area contributed by atoms with Gasteiger partial charge in [0.25, 0.3) is 0 Å². The van der Waals surface area contributed by atoms with Crippen molar-refractivity contribution in [2.45, 2.75) is 59.3 Å². The molecule has 2 nitrogen and oxygen atoms in total. The number of carbonyl (C=O) groups is 2. The summed E-state index contributed by atoms with van der Waals surface area (Å²) in [4.78, 5) is 23.2. The number of carbonyl (C=O) groups excluding carboxylic acids is 2. The first kappa shape index (κ1) is 14.9. The van der Waals surface area contributed by atoms with Crippen molar-refractivity contribution in [3.8, 4) is 0 Å². The van der Waals surface area contributed by atoms with Gasteiger partial charge in [0, 0.05) is 0 Å². The Morgan fingerprint density at radius 1 is 1.39 bits per heavy atom. The van der Waals surface area contributed by atoms with Crippen LogP contribution in [0.3, 0.4) is 0 Å². The van der Waals surface area contributed by atoms with Crippen LogP contribution in [0.2, 0.25) is 0 Å². The lowest BCUT2D eigenvalue weighted by Gasteiger charge is -2.31.